The van der Waals surface area contributed by atoms with E-state index in [1.807, 2.05) is 12.1 Å². The normalized spacial score (nSPS) is 33.2. The van der Waals surface area contributed by atoms with E-state index in [2.05, 4.69) is 30.9 Å². The van der Waals surface area contributed by atoms with Crippen LogP contribution in [0.15, 0.2) is 24.3 Å². The van der Waals surface area contributed by atoms with Crippen molar-refractivity contribution in [2.75, 3.05) is 25.4 Å². The average Bonchev–Trinajstić information content (AvgIpc) is 2.59. The van der Waals surface area contributed by atoms with E-state index >= 15 is 0 Å². The monoisotopic (exact) mass is 326 g/mol. The van der Waals surface area contributed by atoms with Gasteiger partial charge in [0.15, 0.2) is 0 Å². The Morgan fingerprint density at radius 2 is 1.67 bits per heavy atom. The quantitative estimate of drug-likeness (QED) is 0.820. The van der Waals surface area contributed by atoms with E-state index in [-0.39, 0.29) is 0 Å². The topological polar surface area (TPSA) is 29.3 Å². The first kappa shape index (κ1) is 16.4. The maximum Gasteiger partial charge on any atom is 0.0346 e. The summed E-state index contributed by atoms with van der Waals surface area (Å²) in [6.07, 6.45) is 8.36. The Morgan fingerprint density at radius 1 is 1.00 bits per heavy atom. The van der Waals surface area contributed by atoms with E-state index in [1.165, 1.54) is 63.7 Å². The lowest BCUT2D eigenvalue weighted by Gasteiger charge is -2.59. The summed E-state index contributed by atoms with van der Waals surface area (Å²) in [5.41, 5.74) is 9.10. The number of rotatable bonds is 4. The summed E-state index contributed by atoms with van der Waals surface area (Å²) >= 11 is 0. The van der Waals surface area contributed by atoms with Crippen LogP contribution in [0.4, 0.5) is 5.69 Å². The molecule has 132 valence electrons. The van der Waals surface area contributed by atoms with E-state index < -0.39 is 0 Å². The Bertz CT molecular complexity index is 557. The molecule has 2 N–H and O–H groups in total. The minimum Gasteiger partial charge on any atom is -0.399 e. The third kappa shape index (κ3) is 3.10. The fraction of sp³-hybridized carbons (Fsp3) is 0.727. The number of para-hydroxylation sites is 1. The highest BCUT2D eigenvalue weighted by atomic mass is 15.1. The van der Waals surface area contributed by atoms with Gasteiger partial charge < -0.3 is 10.6 Å². The van der Waals surface area contributed by atoms with Gasteiger partial charge in [0.1, 0.15) is 0 Å². The molecule has 2 nitrogen and oxygen atoms in total. The van der Waals surface area contributed by atoms with Gasteiger partial charge in [-0.25, -0.2) is 0 Å². The maximum absolute atomic E-state index is 6.12. The Morgan fingerprint density at radius 3 is 2.29 bits per heavy atom. The second kappa shape index (κ2) is 6.37. The fourth-order valence-corrected chi connectivity index (χ4v) is 5.74. The number of benzene rings is 1. The molecule has 4 fully saturated rings. The molecule has 2 bridgehead atoms. The summed E-state index contributed by atoms with van der Waals surface area (Å²) in [4.78, 5) is 2.76. The van der Waals surface area contributed by atoms with Gasteiger partial charge in [-0.2, -0.15) is 0 Å². The van der Waals surface area contributed by atoms with E-state index in [1.54, 1.807) is 0 Å². The Kier molecular flexibility index (Phi) is 4.36. The van der Waals surface area contributed by atoms with E-state index in [0.717, 1.165) is 29.4 Å². The zero-order chi connectivity index (χ0) is 16.7. The molecule has 1 aromatic rings. The van der Waals surface area contributed by atoms with Gasteiger partial charge in [0, 0.05) is 12.2 Å². The van der Waals surface area contributed by atoms with Crippen molar-refractivity contribution in [1.82, 2.24) is 4.90 Å². The van der Waals surface area contributed by atoms with Crippen LogP contribution in [0.3, 0.4) is 0 Å². The highest BCUT2D eigenvalue weighted by Gasteiger charge is 2.52. The minimum absolute atomic E-state index is 0.652. The van der Waals surface area contributed by atoms with Crippen LogP contribution < -0.4 is 5.73 Å². The van der Waals surface area contributed by atoms with Crippen molar-refractivity contribution in [3.63, 3.8) is 0 Å². The van der Waals surface area contributed by atoms with E-state index in [0.29, 0.717) is 5.41 Å². The lowest BCUT2D eigenvalue weighted by atomic mass is 9.47. The summed E-state index contributed by atoms with van der Waals surface area (Å²) in [7, 11) is 0. The van der Waals surface area contributed by atoms with Crippen LogP contribution in [0, 0.1) is 29.1 Å². The number of nitrogen functional groups attached to an aromatic ring is 1. The van der Waals surface area contributed by atoms with Crippen LogP contribution in [0.2, 0.25) is 0 Å². The third-order valence-corrected chi connectivity index (χ3v) is 7.70. The highest BCUT2D eigenvalue weighted by Crippen LogP contribution is 2.60. The maximum atomic E-state index is 6.12. The number of nitrogens with two attached hydrogens (primary N) is 1. The molecule has 3 atom stereocenters. The second-order valence-corrected chi connectivity index (χ2v) is 9.44. The largest absolute Gasteiger partial charge is 0.399 e. The number of anilines is 1. The standard InChI is InChI=1S/C22H34N2/c1-22(2)19-12-17(13-20(22)14-19)15-24-9-7-16(8-10-24)11-18-5-3-4-6-21(18)23/h3-6,16-17,19-20H,7-15,23H2,1-2H3/t17?,19-,20+. The van der Waals surface area contributed by atoms with E-state index in [9.17, 15) is 0 Å². The number of nitrogens with zero attached hydrogens (tertiary/aromatic N) is 1. The van der Waals surface area contributed by atoms with Crippen LogP contribution in [0.1, 0.15) is 51.5 Å². The summed E-state index contributed by atoms with van der Waals surface area (Å²) in [6.45, 7) is 8.97. The molecule has 3 aliphatic carbocycles. The van der Waals surface area contributed by atoms with E-state index in [4.69, 9.17) is 5.73 Å². The predicted octanol–water partition coefficient (Wildman–Crippen LogP) is 4.60. The minimum atomic E-state index is 0.652. The first-order chi connectivity index (χ1) is 11.5. The average molecular weight is 327 g/mol. The molecule has 5 rings (SSSR count). The van der Waals surface area contributed by atoms with Gasteiger partial charge in [-0.3, -0.25) is 0 Å². The molecule has 1 aliphatic heterocycles. The van der Waals surface area contributed by atoms with Gasteiger partial charge in [-0.1, -0.05) is 32.0 Å². The molecular formula is C22H34N2. The molecule has 1 saturated heterocycles. The molecular weight excluding hydrogens is 292 g/mol. The number of hydrogen-bond acceptors (Lipinski definition) is 2. The van der Waals surface area contributed by atoms with Crippen molar-refractivity contribution in [2.24, 2.45) is 29.1 Å². The molecule has 1 aromatic carbocycles. The lowest BCUT2D eigenvalue weighted by Crippen LogP contribution is -2.52. The van der Waals surface area contributed by atoms with Crippen molar-refractivity contribution in [3.8, 4) is 0 Å². The fourth-order valence-electron chi connectivity index (χ4n) is 5.74. The van der Waals surface area contributed by atoms with Crippen LogP contribution >= 0.6 is 0 Å². The zero-order valence-corrected chi connectivity index (χ0v) is 15.5. The second-order valence-electron chi connectivity index (χ2n) is 9.44. The molecule has 3 saturated carbocycles. The molecule has 4 aliphatic rings. The molecule has 2 heteroatoms. The smallest absolute Gasteiger partial charge is 0.0346 e. The first-order valence-corrected chi connectivity index (χ1v) is 10.1. The van der Waals surface area contributed by atoms with Crippen LogP contribution in [0.5, 0.6) is 0 Å². The molecule has 0 radical (unpaired) electrons. The van der Waals surface area contributed by atoms with Crippen molar-refractivity contribution < 1.29 is 0 Å². The van der Waals surface area contributed by atoms with Gasteiger partial charge in [-0.15, -0.1) is 0 Å². The lowest BCUT2D eigenvalue weighted by molar-refractivity contribution is -0.0954. The molecule has 1 heterocycles. The Balaban J connectivity index is 1.23. The zero-order valence-electron chi connectivity index (χ0n) is 15.5. The summed E-state index contributed by atoms with van der Waals surface area (Å²) < 4.78 is 0. The molecule has 0 amide bonds. The Hall–Kier alpha value is -1.02. The van der Waals surface area contributed by atoms with Crippen molar-refractivity contribution in [1.29, 1.82) is 0 Å². The van der Waals surface area contributed by atoms with Gasteiger partial charge in [0.05, 0.1) is 0 Å². The van der Waals surface area contributed by atoms with Crippen LogP contribution in [-0.4, -0.2) is 24.5 Å². The predicted molar refractivity (Wildman–Crippen MR) is 102 cm³/mol. The van der Waals surface area contributed by atoms with Crippen molar-refractivity contribution in [2.45, 2.75) is 52.4 Å². The summed E-state index contributed by atoms with van der Waals surface area (Å²) in [5, 5.41) is 0. The number of fused-ring (bicyclic) bond motifs is 2. The van der Waals surface area contributed by atoms with Crippen molar-refractivity contribution >= 4 is 5.69 Å². The van der Waals surface area contributed by atoms with Crippen molar-refractivity contribution in [3.05, 3.63) is 29.8 Å². The summed E-state index contributed by atoms with van der Waals surface area (Å²) in [6, 6.07) is 8.41. The molecule has 24 heavy (non-hydrogen) atoms. The van der Waals surface area contributed by atoms with Crippen LogP contribution in [-0.2, 0) is 6.42 Å². The summed E-state index contributed by atoms with van der Waals surface area (Å²) in [5.74, 6) is 3.83. The first-order valence-electron chi connectivity index (χ1n) is 10.1. The number of piperidine rings is 1. The molecule has 0 spiro atoms. The molecule has 0 aromatic heterocycles. The van der Waals surface area contributed by atoms with Gasteiger partial charge in [0.2, 0.25) is 0 Å². The SMILES string of the molecule is CC1(C)[C@@H]2CC(CN3CCC(Cc4ccccc4N)CC3)C[C@H]1C2. The Labute approximate surface area is 147 Å². The van der Waals surface area contributed by atoms with Gasteiger partial charge >= 0.3 is 0 Å². The van der Waals surface area contributed by atoms with Gasteiger partial charge in [0.25, 0.3) is 0 Å². The number of hydrogen-bond donors (Lipinski definition) is 1. The highest BCUT2D eigenvalue weighted by molar-refractivity contribution is 5.46. The third-order valence-electron chi connectivity index (χ3n) is 7.70. The van der Waals surface area contributed by atoms with Crippen LogP contribution in [0.25, 0.3) is 0 Å². The molecule has 1 unspecified atom stereocenters. The number of likely N-dealkylation sites (tertiary alicyclic amines) is 1. The van der Waals surface area contributed by atoms with Gasteiger partial charge in [-0.05, 0) is 92.3 Å².